The van der Waals surface area contributed by atoms with Crippen molar-refractivity contribution in [2.24, 2.45) is 14.1 Å². The average molecular weight is 620 g/mol. The van der Waals surface area contributed by atoms with E-state index in [1.165, 1.54) is 29.6 Å². The summed E-state index contributed by atoms with van der Waals surface area (Å²) in [6, 6.07) is 24.5. The summed E-state index contributed by atoms with van der Waals surface area (Å²) in [6.45, 7) is -0.248. The number of ether oxygens (including phenoxy) is 3. The molecule has 2 unspecified atom stereocenters. The Balaban J connectivity index is 1.62. The van der Waals surface area contributed by atoms with Crippen LogP contribution in [0.1, 0.15) is 16.7 Å². The zero-order chi connectivity index (χ0) is 31.4. The molecule has 0 saturated heterocycles. The highest BCUT2D eigenvalue weighted by molar-refractivity contribution is 7.32. The van der Waals surface area contributed by atoms with Gasteiger partial charge in [0.2, 0.25) is 0 Å². The summed E-state index contributed by atoms with van der Waals surface area (Å²) in [4.78, 5) is 39.5. The fourth-order valence-corrected chi connectivity index (χ4v) is 5.67. The molecule has 5 aromatic rings. The molecule has 0 radical (unpaired) electrons. The van der Waals surface area contributed by atoms with Gasteiger partial charge in [-0.3, -0.25) is 13.9 Å². The van der Waals surface area contributed by atoms with Gasteiger partial charge in [-0.1, -0.05) is 54.6 Å². The smallest absolute Gasteiger partial charge is 0.497 e. The Labute approximate surface area is 253 Å². The van der Waals surface area contributed by atoms with Crippen molar-refractivity contribution < 1.29 is 28.2 Å². The summed E-state index contributed by atoms with van der Waals surface area (Å²) in [5.74, 6) is 1.32. The summed E-state index contributed by atoms with van der Waals surface area (Å²) < 4.78 is 38.8. The molecule has 2 atom stereocenters. The predicted octanol–water partition coefficient (Wildman–Crippen LogP) is 3.49. The van der Waals surface area contributed by atoms with Crippen LogP contribution in [0.4, 0.5) is 0 Å². The highest BCUT2D eigenvalue weighted by Crippen LogP contribution is 2.42. The van der Waals surface area contributed by atoms with Gasteiger partial charge in [0.15, 0.2) is 17.3 Å². The molecule has 1 N–H and O–H groups in total. The first kappa shape index (κ1) is 30.8. The summed E-state index contributed by atoms with van der Waals surface area (Å²) in [7, 11) is 3.01. The van der Waals surface area contributed by atoms with E-state index in [0.29, 0.717) is 11.5 Å². The molecule has 0 fully saturated rings. The summed E-state index contributed by atoms with van der Waals surface area (Å²) in [5, 5.41) is 0. The Bertz CT molecular complexity index is 1840. The fraction of sp³-hybridized carbons (Fsp3) is 0.258. The fourth-order valence-electron chi connectivity index (χ4n) is 5.29. The molecule has 0 aliphatic rings. The molecule has 5 rings (SSSR count). The number of methoxy groups -OCH3 is 2. The topological polar surface area (TPSA) is 136 Å². The lowest BCUT2D eigenvalue weighted by atomic mass is 9.80. The molecule has 2 heterocycles. The lowest BCUT2D eigenvalue weighted by molar-refractivity contribution is -0.0347. The van der Waals surface area contributed by atoms with Gasteiger partial charge in [-0.05, 0) is 41.0 Å². The van der Waals surface area contributed by atoms with Crippen molar-refractivity contribution in [3.8, 4) is 11.5 Å². The van der Waals surface area contributed by atoms with Crippen molar-refractivity contribution in [1.29, 1.82) is 0 Å². The molecule has 228 valence electrons. The number of hydrogen-bond acceptors (Lipinski definition) is 8. The van der Waals surface area contributed by atoms with E-state index in [0.717, 1.165) is 21.3 Å². The number of fused-ring (bicyclic) bond motifs is 1. The maximum atomic E-state index is 13.1. The van der Waals surface area contributed by atoms with Gasteiger partial charge in [0, 0.05) is 18.7 Å². The minimum Gasteiger partial charge on any atom is -0.497 e. The normalized spacial score (nSPS) is 12.7. The zero-order valence-corrected chi connectivity index (χ0v) is 25.5. The standard InChI is InChI=1S/C31H31N4O8P/c1-33-28-27(29(36)34(2)30(33)37)35(20-32-28)18-26(43-44(38)39)19-42-31(21-8-6-5-7-9-21,22-10-14-24(40-3)15-11-22)23-12-16-25(41-4)17-13-23/h5-17,20,26H,18-19H2,1-4H3/p+1. The number of nitrogens with zero attached hydrogens (tertiary/aromatic N) is 4. The van der Waals surface area contributed by atoms with E-state index in [1.807, 2.05) is 78.9 Å². The summed E-state index contributed by atoms with van der Waals surface area (Å²) in [6.07, 6.45) is 0.381. The number of benzene rings is 3. The van der Waals surface area contributed by atoms with Gasteiger partial charge in [0.25, 0.3) is 5.56 Å². The van der Waals surface area contributed by atoms with Crippen LogP contribution in [0.15, 0.2) is 94.8 Å². The SMILES string of the molecule is COc1ccc(C(OCC(Cn2cnc3c2c(=O)n(C)c(=O)n3C)O[P+](=O)O)(c2ccccc2)c2ccc(OC)cc2)cc1. The van der Waals surface area contributed by atoms with Crippen LogP contribution < -0.4 is 20.7 Å². The zero-order valence-electron chi connectivity index (χ0n) is 24.6. The quantitative estimate of drug-likeness (QED) is 0.164. The van der Waals surface area contributed by atoms with E-state index in [4.69, 9.17) is 18.7 Å². The second-order valence-electron chi connectivity index (χ2n) is 10.1. The second kappa shape index (κ2) is 12.9. The number of rotatable bonds is 12. The number of aromatic nitrogens is 4. The second-order valence-corrected chi connectivity index (χ2v) is 10.7. The Hall–Kier alpha value is -4.61. The van der Waals surface area contributed by atoms with E-state index in [1.54, 1.807) is 14.2 Å². The van der Waals surface area contributed by atoms with Crippen LogP contribution in [0.5, 0.6) is 11.5 Å². The Kier molecular flexibility index (Phi) is 9.07. The van der Waals surface area contributed by atoms with E-state index in [9.17, 15) is 19.0 Å². The third-order valence-electron chi connectivity index (χ3n) is 7.52. The van der Waals surface area contributed by atoms with Crippen molar-refractivity contribution in [1.82, 2.24) is 18.7 Å². The lowest BCUT2D eigenvalue weighted by Gasteiger charge is -2.36. The number of aryl methyl sites for hydroxylation is 1. The van der Waals surface area contributed by atoms with Crippen molar-refractivity contribution in [3.63, 3.8) is 0 Å². The molecule has 44 heavy (non-hydrogen) atoms. The van der Waals surface area contributed by atoms with Crippen LogP contribution >= 0.6 is 8.25 Å². The van der Waals surface area contributed by atoms with Crippen LogP contribution in [-0.2, 0) is 40.1 Å². The molecule has 0 saturated carbocycles. The molecule has 0 spiro atoms. The van der Waals surface area contributed by atoms with Crippen molar-refractivity contribution >= 4 is 19.4 Å². The molecule has 13 heteroatoms. The lowest BCUT2D eigenvalue weighted by Crippen LogP contribution is -2.39. The van der Waals surface area contributed by atoms with Crippen LogP contribution in [0.3, 0.4) is 0 Å². The van der Waals surface area contributed by atoms with Gasteiger partial charge < -0.3 is 18.8 Å². The highest BCUT2D eigenvalue weighted by Gasteiger charge is 2.40. The van der Waals surface area contributed by atoms with Crippen molar-refractivity contribution in [3.05, 3.63) is 123 Å². The van der Waals surface area contributed by atoms with Gasteiger partial charge in [-0.15, -0.1) is 9.42 Å². The van der Waals surface area contributed by atoms with E-state index in [-0.39, 0.29) is 24.3 Å². The van der Waals surface area contributed by atoms with Gasteiger partial charge in [-0.25, -0.2) is 9.78 Å². The van der Waals surface area contributed by atoms with Crippen molar-refractivity contribution in [2.45, 2.75) is 18.2 Å². The van der Waals surface area contributed by atoms with Gasteiger partial charge in [0.05, 0.1) is 33.7 Å². The van der Waals surface area contributed by atoms with Crippen LogP contribution in [0.25, 0.3) is 11.2 Å². The van der Waals surface area contributed by atoms with Gasteiger partial charge in [-0.2, -0.15) is 0 Å². The van der Waals surface area contributed by atoms with E-state index >= 15 is 0 Å². The average Bonchev–Trinajstić information content (AvgIpc) is 3.47. The van der Waals surface area contributed by atoms with Gasteiger partial charge >= 0.3 is 13.9 Å². The monoisotopic (exact) mass is 619 g/mol. The molecular weight excluding hydrogens is 587 g/mol. The number of imidazole rings is 1. The van der Waals surface area contributed by atoms with E-state index in [2.05, 4.69) is 4.98 Å². The van der Waals surface area contributed by atoms with Crippen LogP contribution in [0.2, 0.25) is 0 Å². The highest BCUT2D eigenvalue weighted by atomic mass is 31.1. The maximum Gasteiger partial charge on any atom is 0.695 e. The third kappa shape index (κ3) is 5.80. The van der Waals surface area contributed by atoms with Gasteiger partial charge in [0.1, 0.15) is 17.1 Å². The summed E-state index contributed by atoms with van der Waals surface area (Å²) in [5.41, 5.74) is 0.367. The first-order valence-corrected chi connectivity index (χ1v) is 14.7. The molecule has 0 aliphatic carbocycles. The maximum absolute atomic E-state index is 13.1. The predicted molar refractivity (Wildman–Crippen MR) is 163 cm³/mol. The summed E-state index contributed by atoms with van der Waals surface area (Å²) >= 11 is 0. The number of hydrogen-bond donors (Lipinski definition) is 1. The largest absolute Gasteiger partial charge is 0.695 e. The first-order chi connectivity index (χ1) is 21.2. The van der Waals surface area contributed by atoms with E-state index < -0.39 is 31.2 Å². The molecule has 0 bridgehead atoms. The van der Waals surface area contributed by atoms with Crippen LogP contribution in [0, 0.1) is 0 Å². The Morgan fingerprint density at radius 2 is 1.39 bits per heavy atom. The van der Waals surface area contributed by atoms with Crippen LogP contribution in [-0.4, -0.2) is 50.5 Å². The minimum atomic E-state index is -3.05. The first-order valence-electron chi connectivity index (χ1n) is 13.6. The Morgan fingerprint density at radius 1 is 0.841 bits per heavy atom. The molecule has 0 aliphatic heterocycles. The molecule has 3 aromatic carbocycles. The molecule has 12 nitrogen and oxygen atoms in total. The Morgan fingerprint density at radius 3 is 1.91 bits per heavy atom. The molecule has 2 aromatic heterocycles. The minimum absolute atomic E-state index is 0.0678. The third-order valence-corrected chi connectivity index (χ3v) is 7.99. The molecule has 0 amide bonds. The van der Waals surface area contributed by atoms with Crippen molar-refractivity contribution in [2.75, 3.05) is 20.8 Å². The molecular formula is C31H32N4O8P+.